The van der Waals surface area contributed by atoms with Crippen LogP contribution in [0.1, 0.15) is 0 Å². The van der Waals surface area contributed by atoms with Crippen molar-refractivity contribution in [3.05, 3.63) is 0 Å². The van der Waals surface area contributed by atoms with E-state index in [0.29, 0.717) is 0 Å². The van der Waals surface area contributed by atoms with Crippen LogP contribution in [0.15, 0.2) is 0 Å². The Kier molecular flexibility index (Phi) is 10.8. The molecule has 0 aromatic heterocycles. The zero-order valence-electron chi connectivity index (χ0n) is 9.13. The molecule has 0 bridgehead atoms. The summed E-state index contributed by atoms with van der Waals surface area (Å²) in [6.07, 6.45) is 0. The Balaban J connectivity index is -0.00000112. The largest absolute Gasteiger partial charge is 1.00 e. The summed E-state index contributed by atoms with van der Waals surface area (Å²) in [4.78, 5) is 20.4. The summed E-state index contributed by atoms with van der Waals surface area (Å²) in [6.45, 7) is 0. The second kappa shape index (κ2) is 8.14. The molecule has 0 spiro atoms. The number of carboxylic acids is 2. The predicted octanol–water partition coefficient (Wildman–Crippen LogP) is -11.0. The minimum absolute atomic E-state index is 0. The molecular weight excluding hydrogens is 318 g/mol. The third-order valence-electron chi connectivity index (χ3n) is 1.38. The topological polar surface area (TPSA) is 189 Å². The average molecular weight is 322 g/mol. The Morgan fingerprint density at radius 2 is 0.944 bits per heavy atom. The maximum atomic E-state index is 10.4. The molecule has 0 saturated carbocycles. The number of carbonyl (C=O) groups excluding carboxylic acids is 2. The minimum atomic E-state index is -5.61. The number of rotatable bonds is 5. The molecule has 0 aliphatic heterocycles. The number of carbonyl (C=O) groups is 2. The second-order valence-electron chi connectivity index (χ2n) is 2.51. The van der Waals surface area contributed by atoms with Crippen LogP contribution in [-0.2, 0) is 29.8 Å². The predicted molar refractivity (Wildman–Crippen MR) is 40.7 cm³/mol. The SMILES string of the molecule is O=C([O-])C(C(C(=O)[O-])S(=O)(=O)O)S(=O)(=O)O.[Na+].[Na+]. The Morgan fingerprint density at radius 1 is 0.778 bits per heavy atom. The van der Waals surface area contributed by atoms with E-state index in [4.69, 9.17) is 9.11 Å². The molecule has 0 saturated heterocycles. The molecule has 14 heteroatoms. The van der Waals surface area contributed by atoms with Gasteiger partial charge in [-0.15, -0.1) is 0 Å². The molecule has 0 heterocycles. The van der Waals surface area contributed by atoms with Crippen molar-refractivity contribution in [1.82, 2.24) is 0 Å². The van der Waals surface area contributed by atoms with Crippen molar-refractivity contribution in [2.75, 3.05) is 0 Å². The van der Waals surface area contributed by atoms with E-state index in [1.165, 1.54) is 0 Å². The number of hydrogen-bond donors (Lipinski definition) is 2. The minimum Gasteiger partial charge on any atom is -0.549 e. The van der Waals surface area contributed by atoms with E-state index < -0.39 is 42.7 Å². The molecule has 2 atom stereocenters. The molecule has 0 amide bonds. The van der Waals surface area contributed by atoms with E-state index in [1.807, 2.05) is 0 Å². The fourth-order valence-electron chi connectivity index (χ4n) is 0.803. The maximum absolute atomic E-state index is 10.4. The van der Waals surface area contributed by atoms with E-state index in [9.17, 15) is 36.6 Å². The summed E-state index contributed by atoms with van der Waals surface area (Å²) in [5.74, 6) is -5.43. The monoisotopic (exact) mass is 322 g/mol. The van der Waals surface area contributed by atoms with Crippen molar-refractivity contribution in [3.63, 3.8) is 0 Å². The van der Waals surface area contributed by atoms with Crippen LogP contribution in [0.5, 0.6) is 0 Å². The Hall–Kier alpha value is 0.760. The summed E-state index contributed by atoms with van der Waals surface area (Å²) in [6, 6.07) is 0. The quantitative estimate of drug-likeness (QED) is 0.363. The molecule has 2 N–H and O–H groups in total. The van der Waals surface area contributed by atoms with Crippen LogP contribution < -0.4 is 69.3 Å². The molecule has 0 aromatic carbocycles. The van der Waals surface area contributed by atoms with Gasteiger partial charge in [-0.05, 0) is 0 Å². The molecule has 10 nitrogen and oxygen atoms in total. The van der Waals surface area contributed by atoms with Crippen LogP contribution in [0.3, 0.4) is 0 Å². The maximum Gasteiger partial charge on any atom is 1.00 e. The Morgan fingerprint density at radius 3 is 1.00 bits per heavy atom. The van der Waals surface area contributed by atoms with E-state index in [2.05, 4.69) is 0 Å². The van der Waals surface area contributed by atoms with Gasteiger partial charge in [0.05, 0.1) is 11.9 Å². The third kappa shape index (κ3) is 6.79. The van der Waals surface area contributed by atoms with Gasteiger partial charge in [0.15, 0.2) is 10.5 Å². The van der Waals surface area contributed by atoms with Crippen molar-refractivity contribution in [2.45, 2.75) is 10.5 Å². The number of hydrogen-bond acceptors (Lipinski definition) is 8. The van der Waals surface area contributed by atoms with E-state index >= 15 is 0 Å². The van der Waals surface area contributed by atoms with Gasteiger partial charge in [-0.2, -0.15) is 16.8 Å². The van der Waals surface area contributed by atoms with Crippen LogP contribution in [0.2, 0.25) is 0 Å². The first-order chi connectivity index (χ1) is 6.89. The van der Waals surface area contributed by atoms with Crippen molar-refractivity contribution in [2.24, 2.45) is 0 Å². The Labute approximate surface area is 146 Å². The van der Waals surface area contributed by atoms with Crippen LogP contribution in [-0.4, -0.2) is 48.4 Å². The third-order valence-corrected chi connectivity index (χ3v) is 3.77. The molecule has 0 aromatic rings. The molecule has 0 aliphatic carbocycles. The van der Waals surface area contributed by atoms with Gasteiger partial charge < -0.3 is 19.8 Å². The summed E-state index contributed by atoms with van der Waals surface area (Å²) in [5, 5.41) is 13.7. The van der Waals surface area contributed by atoms with Crippen LogP contribution >= 0.6 is 0 Å². The van der Waals surface area contributed by atoms with Crippen molar-refractivity contribution in [1.29, 1.82) is 0 Å². The summed E-state index contributed by atoms with van der Waals surface area (Å²) in [5.41, 5.74) is 0. The normalized spacial score (nSPS) is 14.6. The standard InChI is InChI=1S/C4H6O10S2.2Na/c5-3(6)1(15(9,10)11)2(4(7)8)16(12,13)14;;/h1-2H,(H,5,6)(H,7,8)(H,9,10,11)(H,12,13,14);;/q;2*+1/p-2. The molecule has 0 radical (unpaired) electrons. The van der Waals surface area contributed by atoms with Crippen molar-refractivity contribution < 1.29 is 105 Å². The fourth-order valence-corrected chi connectivity index (χ4v) is 2.98. The van der Waals surface area contributed by atoms with Crippen molar-refractivity contribution in [3.8, 4) is 0 Å². The van der Waals surface area contributed by atoms with Gasteiger partial charge in [0.25, 0.3) is 20.2 Å². The average Bonchev–Trinajstić information content (AvgIpc) is 1.92. The first-order valence-electron chi connectivity index (χ1n) is 3.23. The first kappa shape index (κ1) is 23.8. The second-order valence-corrected chi connectivity index (χ2v) is 5.58. The summed E-state index contributed by atoms with van der Waals surface area (Å²) < 4.78 is 58.4. The van der Waals surface area contributed by atoms with E-state index in [1.54, 1.807) is 0 Å². The van der Waals surface area contributed by atoms with E-state index in [0.717, 1.165) is 0 Å². The van der Waals surface area contributed by atoms with Gasteiger partial charge in [0, 0.05) is 0 Å². The molecule has 2 unspecified atom stereocenters. The first-order valence-corrected chi connectivity index (χ1v) is 6.24. The number of aliphatic carboxylic acids is 2. The Bertz CT molecular complexity index is 458. The molecule has 0 rings (SSSR count). The molecule has 0 aliphatic rings. The zero-order chi connectivity index (χ0) is 13.3. The fraction of sp³-hybridized carbons (Fsp3) is 0.500. The van der Waals surface area contributed by atoms with Gasteiger partial charge in [-0.3, -0.25) is 9.11 Å². The summed E-state index contributed by atoms with van der Waals surface area (Å²) in [7, 11) is -11.2. The number of carboxylic acid groups (broad SMARTS) is 2. The molecule has 94 valence electrons. The molecule has 0 fully saturated rings. The van der Waals surface area contributed by atoms with E-state index in [-0.39, 0.29) is 59.1 Å². The van der Waals surface area contributed by atoms with Crippen molar-refractivity contribution >= 4 is 32.2 Å². The smallest absolute Gasteiger partial charge is 0.549 e. The van der Waals surface area contributed by atoms with Gasteiger partial charge in [0.1, 0.15) is 0 Å². The van der Waals surface area contributed by atoms with Crippen LogP contribution in [0.25, 0.3) is 0 Å². The zero-order valence-corrected chi connectivity index (χ0v) is 14.8. The van der Waals surface area contributed by atoms with Gasteiger partial charge in [0.2, 0.25) is 0 Å². The van der Waals surface area contributed by atoms with Gasteiger partial charge in [-0.1, -0.05) is 0 Å². The summed E-state index contributed by atoms with van der Waals surface area (Å²) >= 11 is 0. The molecule has 18 heavy (non-hydrogen) atoms. The molecular formula is C4H4Na2O10S2. The van der Waals surface area contributed by atoms with Crippen LogP contribution in [0, 0.1) is 0 Å². The van der Waals surface area contributed by atoms with Gasteiger partial charge >= 0.3 is 59.1 Å². The van der Waals surface area contributed by atoms with Crippen LogP contribution in [0.4, 0.5) is 0 Å². The van der Waals surface area contributed by atoms with Gasteiger partial charge in [-0.25, -0.2) is 0 Å².